The monoisotopic (exact) mass is 550 g/mol. The van der Waals surface area contributed by atoms with Crippen molar-refractivity contribution in [2.24, 2.45) is 5.73 Å². The first-order valence-electron chi connectivity index (χ1n) is 11.9. The summed E-state index contributed by atoms with van der Waals surface area (Å²) >= 11 is 1.94. The van der Waals surface area contributed by atoms with Gasteiger partial charge in [0.25, 0.3) is 10.4 Å². The average Bonchev–Trinajstić information content (AvgIpc) is 3.48. The number of amides is 2. The molecule has 0 saturated heterocycles. The molecule has 2 N–H and O–H groups in total. The molecule has 4 aromatic rings. The van der Waals surface area contributed by atoms with Gasteiger partial charge in [-0.3, -0.25) is 4.79 Å². The SMILES string of the molecule is CCN(CC)C(=O)Oc1nc(Cc2ccccc2)c(C(=O)c2sc(OC(N)=O)nc2Cc2ccccc2)s1. The Balaban J connectivity index is 1.73. The lowest BCUT2D eigenvalue weighted by molar-refractivity contribution is 0.104. The fraction of sp³-hybridized carbons (Fsp3) is 0.222. The average molecular weight is 551 g/mol. The molecule has 0 aliphatic rings. The Bertz CT molecular complexity index is 1420. The number of nitrogens with two attached hydrogens (primary N) is 1. The third kappa shape index (κ3) is 6.61. The minimum Gasteiger partial charge on any atom is -0.381 e. The Morgan fingerprint density at radius 3 is 1.63 bits per heavy atom. The molecule has 38 heavy (non-hydrogen) atoms. The Morgan fingerprint density at radius 1 is 0.763 bits per heavy atom. The molecule has 0 unspecified atom stereocenters. The summed E-state index contributed by atoms with van der Waals surface area (Å²) in [5.74, 6) is -0.346. The second-order valence-corrected chi connectivity index (χ2v) is 10.0. The number of ketones is 1. The topological polar surface area (TPSA) is 125 Å². The van der Waals surface area contributed by atoms with E-state index in [0.29, 0.717) is 47.1 Å². The van der Waals surface area contributed by atoms with E-state index in [9.17, 15) is 14.4 Å². The number of primary amides is 1. The summed E-state index contributed by atoms with van der Waals surface area (Å²) in [5, 5.41) is 0.0630. The van der Waals surface area contributed by atoms with Gasteiger partial charge in [-0.05, 0) is 25.0 Å². The molecule has 2 aromatic heterocycles. The molecule has 2 amide bonds. The maximum atomic E-state index is 13.9. The van der Waals surface area contributed by atoms with Crippen LogP contribution in [-0.2, 0) is 12.8 Å². The molecule has 9 nitrogen and oxygen atoms in total. The van der Waals surface area contributed by atoms with Crippen LogP contribution in [0.1, 0.15) is 50.9 Å². The van der Waals surface area contributed by atoms with E-state index >= 15 is 0 Å². The summed E-state index contributed by atoms with van der Waals surface area (Å²) in [7, 11) is 0. The van der Waals surface area contributed by atoms with Gasteiger partial charge in [0.05, 0.1) is 11.4 Å². The highest BCUT2D eigenvalue weighted by atomic mass is 32.1. The zero-order chi connectivity index (χ0) is 27.1. The highest BCUT2D eigenvalue weighted by Crippen LogP contribution is 2.34. The van der Waals surface area contributed by atoms with Gasteiger partial charge in [0.2, 0.25) is 5.78 Å². The number of carbonyl (C=O) groups is 3. The quantitative estimate of drug-likeness (QED) is 0.265. The van der Waals surface area contributed by atoms with Gasteiger partial charge in [-0.1, -0.05) is 83.3 Å². The van der Waals surface area contributed by atoms with Gasteiger partial charge in [0.15, 0.2) is 0 Å². The summed E-state index contributed by atoms with van der Waals surface area (Å²) in [5.41, 5.74) is 7.99. The van der Waals surface area contributed by atoms with Gasteiger partial charge in [0.1, 0.15) is 9.75 Å². The Kier molecular flexibility index (Phi) is 8.82. The second-order valence-electron chi connectivity index (χ2n) is 8.13. The van der Waals surface area contributed by atoms with Crippen molar-refractivity contribution in [2.45, 2.75) is 26.7 Å². The molecule has 0 bridgehead atoms. The number of hydrogen-bond donors (Lipinski definition) is 1. The van der Waals surface area contributed by atoms with Crippen molar-refractivity contribution in [3.8, 4) is 10.4 Å². The Labute approximate surface area is 227 Å². The fourth-order valence-corrected chi connectivity index (χ4v) is 5.55. The molecule has 0 aliphatic heterocycles. The fourth-order valence-electron chi connectivity index (χ4n) is 3.73. The van der Waals surface area contributed by atoms with Crippen molar-refractivity contribution in [3.63, 3.8) is 0 Å². The van der Waals surface area contributed by atoms with Crippen molar-refractivity contribution in [1.82, 2.24) is 14.9 Å². The summed E-state index contributed by atoms with van der Waals surface area (Å²) in [6.07, 6.45) is -0.846. The zero-order valence-corrected chi connectivity index (χ0v) is 22.5. The maximum Gasteiger partial charge on any atom is 0.417 e. The first-order valence-corrected chi connectivity index (χ1v) is 13.6. The highest BCUT2D eigenvalue weighted by molar-refractivity contribution is 7.19. The van der Waals surface area contributed by atoms with Crippen LogP contribution in [0.2, 0.25) is 0 Å². The van der Waals surface area contributed by atoms with Crippen molar-refractivity contribution < 1.29 is 23.9 Å². The van der Waals surface area contributed by atoms with Crippen LogP contribution in [-0.4, -0.2) is 45.9 Å². The Hall–Kier alpha value is -4.09. The summed E-state index contributed by atoms with van der Waals surface area (Å²) in [4.78, 5) is 48.9. The largest absolute Gasteiger partial charge is 0.417 e. The van der Waals surface area contributed by atoms with Crippen LogP contribution in [0, 0.1) is 0 Å². The maximum absolute atomic E-state index is 13.9. The molecule has 0 aliphatic carbocycles. The molecular weight excluding hydrogens is 524 g/mol. The summed E-state index contributed by atoms with van der Waals surface area (Å²) < 4.78 is 10.5. The standard InChI is InChI=1S/C27H26N4O5S2/c1-3-31(4-2)27(34)36-26-30-20(16-18-13-9-6-10-14-18)23(38-26)21(32)22-19(15-17-11-7-5-8-12-17)29-25(37-22)35-24(28)33/h5-14H,3-4,15-16H2,1-2H3,(H2,28,33). The van der Waals surface area contributed by atoms with Crippen LogP contribution >= 0.6 is 22.7 Å². The smallest absolute Gasteiger partial charge is 0.381 e. The number of aromatic nitrogens is 2. The number of hydrogen-bond acceptors (Lipinski definition) is 9. The van der Waals surface area contributed by atoms with E-state index < -0.39 is 12.2 Å². The molecule has 0 saturated carbocycles. The summed E-state index contributed by atoms with van der Waals surface area (Å²) in [6, 6.07) is 19.1. The van der Waals surface area contributed by atoms with Crippen molar-refractivity contribution in [2.75, 3.05) is 13.1 Å². The first-order chi connectivity index (χ1) is 18.4. The lowest BCUT2D eigenvalue weighted by Crippen LogP contribution is -2.33. The number of carbonyl (C=O) groups excluding carboxylic acids is 3. The number of thiazole rings is 2. The number of ether oxygens (including phenoxy) is 2. The number of nitrogens with zero attached hydrogens (tertiary/aromatic N) is 3. The van der Waals surface area contributed by atoms with Crippen LogP contribution in [0.4, 0.5) is 9.59 Å². The molecule has 0 atom stereocenters. The van der Waals surface area contributed by atoms with E-state index in [2.05, 4.69) is 9.97 Å². The lowest BCUT2D eigenvalue weighted by atomic mass is 10.1. The minimum atomic E-state index is -1.02. The van der Waals surface area contributed by atoms with Crippen LogP contribution in [0.15, 0.2) is 60.7 Å². The van der Waals surface area contributed by atoms with Crippen LogP contribution in [0.5, 0.6) is 10.4 Å². The van der Waals surface area contributed by atoms with E-state index in [1.54, 1.807) is 0 Å². The van der Waals surface area contributed by atoms with Crippen LogP contribution in [0.3, 0.4) is 0 Å². The van der Waals surface area contributed by atoms with Gasteiger partial charge < -0.3 is 20.1 Å². The van der Waals surface area contributed by atoms with Gasteiger partial charge in [-0.15, -0.1) is 0 Å². The highest BCUT2D eigenvalue weighted by Gasteiger charge is 2.28. The van der Waals surface area contributed by atoms with E-state index in [1.165, 1.54) is 4.90 Å². The van der Waals surface area contributed by atoms with Crippen molar-refractivity contribution >= 4 is 40.6 Å². The van der Waals surface area contributed by atoms with E-state index in [-0.39, 0.29) is 16.2 Å². The van der Waals surface area contributed by atoms with Gasteiger partial charge >= 0.3 is 12.2 Å². The first kappa shape index (κ1) is 27.0. The van der Waals surface area contributed by atoms with Gasteiger partial charge in [-0.2, -0.15) is 0 Å². The third-order valence-electron chi connectivity index (χ3n) is 5.58. The minimum absolute atomic E-state index is 0.0194. The van der Waals surface area contributed by atoms with Gasteiger partial charge in [-0.25, -0.2) is 19.6 Å². The van der Waals surface area contributed by atoms with E-state index in [4.69, 9.17) is 15.2 Å². The van der Waals surface area contributed by atoms with Crippen LogP contribution < -0.4 is 15.2 Å². The molecule has 0 spiro atoms. The lowest BCUT2D eigenvalue weighted by Gasteiger charge is -2.16. The molecule has 0 radical (unpaired) electrons. The molecule has 4 rings (SSSR count). The molecule has 0 fully saturated rings. The van der Waals surface area contributed by atoms with E-state index in [0.717, 1.165) is 33.8 Å². The molecule has 2 aromatic carbocycles. The van der Waals surface area contributed by atoms with Crippen molar-refractivity contribution in [3.05, 3.63) is 92.9 Å². The van der Waals surface area contributed by atoms with Crippen LogP contribution in [0.25, 0.3) is 0 Å². The predicted octanol–water partition coefficient (Wildman–Crippen LogP) is 5.31. The molecule has 196 valence electrons. The second kappa shape index (κ2) is 12.4. The molecule has 11 heteroatoms. The number of benzene rings is 2. The van der Waals surface area contributed by atoms with E-state index in [1.807, 2.05) is 74.5 Å². The number of rotatable bonds is 10. The Morgan fingerprint density at radius 2 is 1.21 bits per heavy atom. The third-order valence-corrected chi connectivity index (χ3v) is 7.53. The predicted molar refractivity (Wildman–Crippen MR) is 145 cm³/mol. The van der Waals surface area contributed by atoms with Crippen molar-refractivity contribution in [1.29, 1.82) is 0 Å². The van der Waals surface area contributed by atoms with Gasteiger partial charge in [0, 0.05) is 25.9 Å². The molecular formula is C27H26N4O5S2. The zero-order valence-electron chi connectivity index (χ0n) is 20.9. The normalized spacial score (nSPS) is 10.7. The summed E-state index contributed by atoms with van der Waals surface area (Å²) in [6.45, 7) is 4.67. The molecule has 2 heterocycles.